The number of hydrogen-bond donors (Lipinski definition) is 2. The molecule has 1 saturated carbocycles. The van der Waals surface area contributed by atoms with Crippen LogP contribution >= 0.6 is 12.6 Å². The summed E-state index contributed by atoms with van der Waals surface area (Å²) in [5.41, 5.74) is 1.85. The van der Waals surface area contributed by atoms with Crippen molar-refractivity contribution in [2.45, 2.75) is 17.7 Å². The first-order chi connectivity index (χ1) is 11.2. The molecule has 0 spiro atoms. The van der Waals surface area contributed by atoms with Crippen LogP contribution in [0.2, 0.25) is 0 Å². The van der Waals surface area contributed by atoms with Crippen molar-refractivity contribution in [1.29, 1.82) is 0 Å². The van der Waals surface area contributed by atoms with Crippen LogP contribution < -0.4 is 10.3 Å². The summed E-state index contributed by atoms with van der Waals surface area (Å²) in [5, 5.41) is 1.61. The molecule has 3 nitrogen and oxygen atoms in total. The molecule has 3 aromatic rings. The minimum atomic E-state index is -0.0770. The largest absolute Gasteiger partial charge is 0.493 e. The van der Waals surface area contributed by atoms with Crippen LogP contribution in [0.25, 0.3) is 21.9 Å². The van der Waals surface area contributed by atoms with Gasteiger partial charge in [0.05, 0.1) is 6.61 Å². The minimum absolute atomic E-state index is 0.0770. The Morgan fingerprint density at radius 2 is 1.87 bits per heavy atom. The fourth-order valence-corrected chi connectivity index (χ4v) is 2.98. The van der Waals surface area contributed by atoms with Crippen molar-refractivity contribution in [1.82, 2.24) is 4.98 Å². The monoisotopic (exact) mass is 323 g/mol. The summed E-state index contributed by atoms with van der Waals surface area (Å²) >= 11 is 4.46. The molecule has 4 heteroatoms. The molecule has 2 aromatic carbocycles. The predicted octanol–water partition coefficient (Wildman–Crippen LogP) is 4.27. The van der Waals surface area contributed by atoms with Crippen LogP contribution in [-0.4, -0.2) is 11.6 Å². The SMILES string of the molecule is O=c1[nH]cc(-c2cc(S)ccc2OCC2CC2)c2ccccc12. The van der Waals surface area contributed by atoms with Gasteiger partial charge >= 0.3 is 0 Å². The third-order valence-electron chi connectivity index (χ3n) is 4.23. The summed E-state index contributed by atoms with van der Waals surface area (Å²) in [6.45, 7) is 0.750. The Morgan fingerprint density at radius 3 is 2.65 bits per heavy atom. The van der Waals surface area contributed by atoms with E-state index in [1.54, 1.807) is 6.20 Å². The number of fused-ring (bicyclic) bond motifs is 1. The second-order valence-corrected chi connectivity index (χ2v) is 6.53. The molecule has 0 bridgehead atoms. The van der Waals surface area contributed by atoms with Gasteiger partial charge in [0, 0.05) is 27.6 Å². The highest BCUT2D eigenvalue weighted by atomic mass is 32.1. The molecule has 0 radical (unpaired) electrons. The first-order valence-corrected chi connectivity index (χ1v) is 8.24. The number of aromatic amines is 1. The Morgan fingerprint density at radius 1 is 1.09 bits per heavy atom. The molecule has 23 heavy (non-hydrogen) atoms. The average Bonchev–Trinajstić information content (AvgIpc) is 3.39. The van der Waals surface area contributed by atoms with E-state index < -0.39 is 0 Å². The van der Waals surface area contributed by atoms with Gasteiger partial charge in [-0.05, 0) is 48.4 Å². The van der Waals surface area contributed by atoms with Gasteiger partial charge in [-0.2, -0.15) is 0 Å². The molecule has 1 aromatic heterocycles. The lowest BCUT2D eigenvalue weighted by Crippen LogP contribution is -2.06. The second kappa shape index (κ2) is 5.78. The van der Waals surface area contributed by atoms with Gasteiger partial charge in [0.1, 0.15) is 5.75 Å². The van der Waals surface area contributed by atoms with E-state index in [1.165, 1.54) is 12.8 Å². The molecular formula is C19H17NO2S. The molecular weight excluding hydrogens is 306 g/mol. The van der Waals surface area contributed by atoms with Crippen LogP contribution in [-0.2, 0) is 0 Å². The van der Waals surface area contributed by atoms with Crippen LogP contribution in [0.1, 0.15) is 12.8 Å². The topological polar surface area (TPSA) is 42.1 Å². The molecule has 1 N–H and O–H groups in total. The predicted molar refractivity (Wildman–Crippen MR) is 95.5 cm³/mol. The van der Waals surface area contributed by atoms with E-state index in [1.807, 2.05) is 42.5 Å². The van der Waals surface area contributed by atoms with Crippen molar-refractivity contribution in [3.63, 3.8) is 0 Å². The third kappa shape index (κ3) is 2.86. The van der Waals surface area contributed by atoms with Crippen molar-refractivity contribution in [2.24, 2.45) is 5.92 Å². The highest BCUT2D eigenvalue weighted by Gasteiger charge is 2.22. The number of nitrogens with one attached hydrogen (secondary N) is 1. The van der Waals surface area contributed by atoms with E-state index in [0.717, 1.165) is 33.8 Å². The quantitative estimate of drug-likeness (QED) is 0.704. The molecule has 0 atom stereocenters. The molecule has 1 aliphatic carbocycles. The number of hydrogen-bond acceptors (Lipinski definition) is 3. The molecule has 1 aliphatic rings. The van der Waals surface area contributed by atoms with Crippen molar-refractivity contribution in [3.8, 4) is 16.9 Å². The van der Waals surface area contributed by atoms with Gasteiger partial charge in [0.15, 0.2) is 0 Å². The number of H-pyrrole nitrogens is 1. The van der Waals surface area contributed by atoms with Crippen molar-refractivity contribution >= 4 is 23.4 Å². The van der Waals surface area contributed by atoms with Gasteiger partial charge in [0.2, 0.25) is 0 Å². The summed E-state index contributed by atoms with van der Waals surface area (Å²) in [7, 11) is 0. The summed E-state index contributed by atoms with van der Waals surface area (Å²) in [6.07, 6.45) is 4.26. The maximum absolute atomic E-state index is 12.0. The minimum Gasteiger partial charge on any atom is -0.493 e. The van der Waals surface area contributed by atoms with Gasteiger partial charge in [-0.15, -0.1) is 12.6 Å². The number of benzene rings is 2. The molecule has 0 unspecified atom stereocenters. The van der Waals surface area contributed by atoms with Crippen LogP contribution in [0.4, 0.5) is 0 Å². The summed E-state index contributed by atoms with van der Waals surface area (Å²) in [6, 6.07) is 13.5. The average molecular weight is 323 g/mol. The number of aromatic nitrogens is 1. The van der Waals surface area contributed by atoms with Crippen molar-refractivity contribution < 1.29 is 4.74 Å². The third-order valence-corrected chi connectivity index (χ3v) is 4.51. The molecule has 0 saturated heterocycles. The van der Waals surface area contributed by atoms with Crippen LogP contribution in [0, 0.1) is 5.92 Å². The summed E-state index contributed by atoms with van der Waals surface area (Å²) in [5.74, 6) is 1.53. The summed E-state index contributed by atoms with van der Waals surface area (Å²) < 4.78 is 6.02. The van der Waals surface area contributed by atoms with Crippen LogP contribution in [0.5, 0.6) is 5.75 Å². The van der Waals surface area contributed by atoms with Crippen LogP contribution in [0.3, 0.4) is 0 Å². The van der Waals surface area contributed by atoms with Crippen LogP contribution in [0.15, 0.2) is 58.4 Å². The normalized spacial score (nSPS) is 14.1. The Bertz CT molecular complexity index is 928. The zero-order valence-corrected chi connectivity index (χ0v) is 13.5. The molecule has 1 heterocycles. The highest BCUT2D eigenvalue weighted by Crippen LogP contribution is 2.37. The highest BCUT2D eigenvalue weighted by molar-refractivity contribution is 7.80. The lowest BCUT2D eigenvalue weighted by molar-refractivity contribution is 0.301. The lowest BCUT2D eigenvalue weighted by atomic mass is 10.00. The molecule has 1 fully saturated rings. The van der Waals surface area contributed by atoms with E-state index in [9.17, 15) is 4.79 Å². The van der Waals surface area contributed by atoms with Gasteiger partial charge < -0.3 is 9.72 Å². The Kier molecular flexibility index (Phi) is 3.62. The smallest absolute Gasteiger partial charge is 0.255 e. The zero-order chi connectivity index (χ0) is 15.8. The number of ether oxygens (including phenoxy) is 1. The maximum atomic E-state index is 12.0. The van der Waals surface area contributed by atoms with Gasteiger partial charge in [-0.1, -0.05) is 18.2 Å². The fraction of sp³-hybridized carbons (Fsp3) is 0.211. The second-order valence-electron chi connectivity index (χ2n) is 6.01. The van der Waals surface area contributed by atoms with E-state index in [-0.39, 0.29) is 5.56 Å². The van der Waals surface area contributed by atoms with E-state index >= 15 is 0 Å². The molecule has 4 rings (SSSR count). The van der Waals surface area contributed by atoms with E-state index in [0.29, 0.717) is 11.3 Å². The molecule has 116 valence electrons. The fourth-order valence-electron chi connectivity index (χ4n) is 2.78. The van der Waals surface area contributed by atoms with Crippen molar-refractivity contribution in [3.05, 3.63) is 59.0 Å². The molecule has 0 amide bonds. The van der Waals surface area contributed by atoms with E-state index in [2.05, 4.69) is 17.6 Å². The Labute approximate surface area is 139 Å². The first-order valence-electron chi connectivity index (χ1n) is 7.79. The number of rotatable bonds is 4. The molecule has 0 aliphatic heterocycles. The number of thiol groups is 1. The summed E-state index contributed by atoms with van der Waals surface area (Å²) in [4.78, 5) is 15.7. The Balaban J connectivity index is 1.88. The standard InChI is InChI=1S/C19H17NO2S/c21-19-15-4-2-1-3-14(15)17(10-20-19)16-9-13(23)7-8-18(16)22-11-12-5-6-12/h1-4,7-10,12,23H,5-6,11H2,(H,20,21). The number of pyridine rings is 1. The van der Waals surface area contributed by atoms with Crippen molar-refractivity contribution in [2.75, 3.05) is 6.61 Å². The zero-order valence-electron chi connectivity index (χ0n) is 12.6. The maximum Gasteiger partial charge on any atom is 0.255 e. The van der Waals surface area contributed by atoms with E-state index in [4.69, 9.17) is 4.74 Å². The van der Waals surface area contributed by atoms with Gasteiger partial charge in [-0.3, -0.25) is 4.79 Å². The lowest BCUT2D eigenvalue weighted by Gasteiger charge is -2.14. The van der Waals surface area contributed by atoms with Gasteiger partial charge in [-0.25, -0.2) is 0 Å². The van der Waals surface area contributed by atoms with Gasteiger partial charge in [0.25, 0.3) is 5.56 Å². The Hall–Kier alpha value is -2.20. The first kappa shape index (κ1) is 14.4.